The molecule has 22 heavy (non-hydrogen) atoms. The lowest BCUT2D eigenvalue weighted by molar-refractivity contribution is -0.136. The van der Waals surface area contributed by atoms with Crippen LogP contribution in [0.15, 0.2) is 36.5 Å². The first-order valence-electron chi connectivity index (χ1n) is 7.72. The van der Waals surface area contributed by atoms with Gasteiger partial charge in [-0.1, -0.05) is 18.2 Å². The number of likely N-dealkylation sites (tertiary alicyclic amines) is 1. The Morgan fingerprint density at radius 1 is 1.23 bits per heavy atom. The molecule has 0 saturated carbocycles. The van der Waals surface area contributed by atoms with Crippen LogP contribution in [-0.4, -0.2) is 39.8 Å². The van der Waals surface area contributed by atoms with Gasteiger partial charge in [0.2, 0.25) is 5.88 Å². The van der Waals surface area contributed by atoms with Crippen LogP contribution in [0.4, 0.5) is 0 Å². The first-order chi connectivity index (χ1) is 10.6. The Labute approximate surface area is 130 Å². The first-order valence-corrected chi connectivity index (χ1v) is 7.72. The molecule has 1 atom stereocenters. The minimum atomic E-state index is -0.504. The molecule has 1 aliphatic heterocycles. The summed E-state index contributed by atoms with van der Waals surface area (Å²) < 4.78 is 7.57. The largest absolute Gasteiger partial charge is 0.463 e. The van der Waals surface area contributed by atoms with Gasteiger partial charge >= 0.3 is 0 Å². The van der Waals surface area contributed by atoms with E-state index < -0.39 is 6.10 Å². The molecule has 0 aliphatic carbocycles. The van der Waals surface area contributed by atoms with E-state index in [4.69, 9.17) is 4.74 Å². The van der Waals surface area contributed by atoms with Crippen molar-refractivity contribution >= 4 is 5.91 Å². The number of carbonyl (C=O) groups is 1. The molecule has 0 unspecified atom stereocenters. The van der Waals surface area contributed by atoms with E-state index in [2.05, 4.69) is 5.10 Å². The smallest absolute Gasteiger partial charge is 0.263 e. The van der Waals surface area contributed by atoms with Crippen molar-refractivity contribution in [1.29, 1.82) is 0 Å². The van der Waals surface area contributed by atoms with Crippen molar-refractivity contribution < 1.29 is 9.53 Å². The topological polar surface area (TPSA) is 47.4 Å². The van der Waals surface area contributed by atoms with Crippen molar-refractivity contribution in [2.75, 3.05) is 13.1 Å². The van der Waals surface area contributed by atoms with Crippen LogP contribution in [0.5, 0.6) is 5.88 Å². The second kappa shape index (κ2) is 6.22. The summed E-state index contributed by atoms with van der Waals surface area (Å²) in [6.45, 7) is 5.41. The van der Waals surface area contributed by atoms with Gasteiger partial charge in [-0.05, 0) is 38.8 Å². The van der Waals surface area contributed by atoms with E-state index in [1.807, 2.05) is 48.4 Å². The number of benzene rings is 1. The van der Waals surface area contributed by atoms with Gasteiger partial charge in [-0.15, -0.1) is 5.10 Å². The fraction of sp³-hybridized carbons (Fsp3) is 0.412. The molecule has 2 aromatic rings. The Balaban J connectivity index is 1.72. The zero-order chi connectivity index (χ0) is 15.5. The summed E-state index contributed by atoms with van der Waals surface area (Å²) in [4.78, 5) is 14.2. The monoisotopic (exact) mass is 299 g/mol. The molecule has 1 fully saturated rings. The number of para-hydroxylation sites is 1. The number of hydrogen-bond donors (Lipinski definition) is 0. The fourth-order valence-electron chi connectivity index (χ4n) is 2.69. The van der Waals surface area contributed by atoms with Gasteiger partial charge in [0.25, 0.3) is 5.91 Å². The van der Waals surface area contributed by atoms with Gasteiger partial charge in [0.1, 0.15) is 0 Å². The zero-order valence-corrected chi connectivity index (χ0v) is 13.0. The van der Waals surface area contributed by atoms with Crippen molar-refractivity contribution in [3.05, 3.63) is 42.1 Å². The van der Waals surface area contributed by atoms with E-state index in [0.717, 1.165) is 37.2 Å². The highest BCUT2D eigenvalue weighted by molar-refractivity contribution is 5.81. The van der Waals surface area contributed by atoms with Crippen LogP contribution < -0.4 is 4.74 Å². The Morgan fingerprint density at radius 3 is 2.59 bits per heavy atom. The number of carbonyl (C=O) groups excluding carboxylic acids is 1. The molecular weight excluding hydrogens is 278 g/mol. The number of nitrogens with zero attached hydrogens (tertiary/aromatic N) is 3. The minimum Gasteiger partial charge on any atom is -0.463 e. The van der Waals surface area contributed by atoms with Gasteiger partial charge < -0.3 is 9.64 Å². The van der Waals surface area contributed by atoms with Crippen LogP contribution in [0.3, 0.4) is 0 Å². The predicted octanol–water partition coefficient (Wildman–Crippen LogP) is 2.57. The maximum Gasteiger partial charge on any atom is 0.263 e. The minimum absolute atomic E-state index is 0.0474. The third kappa shape index (κ3) is 2.98. The van der Waals surface area contributed by atoms with Crippen LogP contribution in [0.25, 0.3) is 5.69 Å². The molecule has 1 aromatic heterocycles. The molecule has 0 bridgehead atoms. The molecule has 1 saturated heterocycles. The van der Waals surface area contributed by atoms with Crippen molar-refractivity contribution in [2.45, 2.75) is 32.8 Å². The quantitative estimate of drug-likeness (QED) is 0.871. The van der Waals surface area contributed by atoms with Gasteiger partial charge in [-0.2, -0.15) is 0 Å². The summed E-state index contributed by atoms with van der Waals surface area (Å²) >= 11 is 0. The summed E-state index contributed by atoms with van der Waals surface area (Å²) in [6.07, 6.45) is 3.58. The summed E-state index contributed by atoms with van der Waals surface area (Å²) in [5.41, 5.74) is 1.89. The van der Waals surface area contributed by atoms with E-state index >= 15 is 0 Å². The Morgan fingerprint density at radius 2 is 1.91 bits per heavy atom. The van der Waals surface area contributed by atoms with E-state index in [-0.39, 0.29) is 5.91 Å². The number of hydrogen-bond acceptors (Lipinski definition) is 3. The average molecular weight is 299 g/mol. The number of amides is 1. The van der Waals surface area contributed by atoms with Crippen molar-refractivity contribution in [2.24, 2.45) is 0 Å². The number of aromatic nitrogens is 2. The Hall–Kier alpha value is -2.30. The lowest BCUT2D eigenvalue weighted by Gasteiger charge is -2.20. The normalized spacial score (nSPS) is 15.8. The second-order valence-corrected chi connectivity index (χ2v) is 5.69. The van der Waals surface area contributed by atoms with Crippen LogP contribution in [0.2, 0.25) is 0 Å². The Bertz CT molecular complexity index is 645. The first kappa shape index (κ1) is 14.6. The molecule has 116 valence electrons. The average Bonchev–Trinajstić information content (AvgIpc) is 3.18. The second-order valence-electron chi connectivity index (χ2n) is 5.69. The van der Waals surface area contributed by atoms with Crippen LogP contribution in [-0.2, 0) is 4.79 Å². The highest BCUT2D eigenvalue weighted by atomic mass is 16.5. The molecule has 3 rings (SSSR count). The Kier molecular flexibility index (Phi) is 4.13. The molecular formula is C17H21N3O2. The van der Waals surface area contributed by atoms with Crippen LogP contribution in [0, 0.1) is 6.92 Å². The predicted molar refractivity (Wildman–Crippen MR) is 84.2 cm³/mol. The van der Waals surface area contributed by atoms with E-state index in [1.54, 1.807) is 11.6 Å². The maximum absolute atomic E-state index is 12.3. The van der Waals surface area contributed by atoms with Crippen molar-refractivity contribution in [3.63, 3.8) is 0 Å². The van der Waals surface area contributed by atoms with E-state index in [0.29, 0.717) is 5.88 Å². The van der Waals surface area contributed by atoms with Gasteiger partial charge in [0.15, 0.2) is 6.10 Å². The summed E-state index contributed by atoms with van der Waals surface area (Å²) in [5.74, 6) is 0.565. The molecule has 1 aromatic carbocycles. The van der Waals surface area contributed by atoms with Crippen molar-refractivity contribution in [3.8, 4) is 11.6 Å². The van der Waals surface area contributed by atoms with Crippen LogP contribution in [0.1, 0.15) is 25.3 Å². The summed E-state index contributed by atoms with van der Waals surface area (Å²) in [7, 11) is 0. The molecule has 5 heteroatoms. The van der Waals surface area contributed by atoms with Gasteiger partial charge in [-0.3, -0.25) is 4.79 Å². The standard InChI is InChI=1S/C17H21N3O2/c1-13-12-20(15-8-4-3-5-9-15)18-16(13)22-14(2)17(21)19-10-6-7-11-19/h3-5,8-9,12,14H,6-7,10-11H2,1-2H3/t14-/m1/s1. The van der Waals surface area contributed by atoms with E-state index in [1.165, 1.54) is 0 Å². The lowest BCUT2D eigenvalue weighted by Crippen LogP contribution is -2.38. The third-order valence-corrected chi connectivity index (χ3v) is 3.93. The third-order valence-electron chi connectivity index (χ3n) is 3.93. The van der Waals surface area contributed by atoms with E-state index in [9.17, 15) is 4.79 Å². The molecule has 1 aliphatic rings. The van der Waals surface area contributed by atoms with Crippen LogP contribution >= 0.6 is 0 Å². The molecule has 0 radical (unpaired) electrons. The molecule has 5 nitrogen and oxygen atoms in total. The van der Waals surface area contributed by atoms with Gasteiger partial charge in [0, 0.05) is 24.8 Å². The fourth-order valence-corrected chi connectivity index (χ4v) is 2.69. The maximum atomic E-state index is 12.3. The lowest BCUT2D eigenvalue weighted by atomic mass is 10.3. The van der Waals surface area contributed by atoms with Gasteiger partial charge in [0.05, 0.1) is 5.69 Å². The summed E-state index contributed by atoms with van der Waals surface area (Å²) in [6, 6.07) is 9.86. The SMILES string of the molecule is Cc1cn(-c2ccccc2)nc1O[C@H](C)C(=O)N1CCCC1. The van der Waals surface area contributed by atoms with Crippen molar-refractivity contribution in [1.82, 2.24) is 14.7 Å². The number of ether oxygens (including phenoxy) is 1. The van der Waals surface area contributed by atoms with Gasteiger partial charge in [-0.25, -0.2) is 4.68 Å². The molecule has 1 amide bonds. The summed E-state index contributed by atoms with van der Waals surface area (Å²) in [5, 5.41) is 4.45. The number of rotatable bonds is 4. The number of aryl methyl sites for hydroxylation is 1. The molecule has 0 spiro atoms. The highest BCUT2D eigenvalue weighted by Crippen LogP contribution is 2.20. The zero-order valence-electron chi connectivity index (χ0n) is 13.0. The highest BCUT2D eigenvalue weighted by Gasteiger charge is 2.25. The molecule has 0 N–H and O–H groups in total. The molecule has 2 heterocycles.